The van der Waals surface area contributed by atoms with Gasteiger partial charge in [-0.05, 0) is 12.1 Å². The van der Waals surface area contributed by atoms with E-state index in [0.29, 0.717) is 0 Å². The van der Waals surface area contributed by atoms with Crippen LogP contribution in [0, 0.1) is 5.95 Å². The van der Waals surface area contributed by atoms with Gasteiger partial charge in [-0.1, -0.05) is 5.21 Å². The number of carbonyl (C=O) groups is 2. The highest BCUT2D eigenvalue weighted by Crippen LogP contribution is 1.98. The number of pyridine rings is 1. The highest BCUT2D eigenvalue weighted by Gasteiger charge is 2.09. The minimum absolute atomic E-state index is 0.168. The molecule has 0 fully saturated rings. The molecular formula is C11H10FN5O3. The molecule has 0 atom stereocenters. The van der Waals surface area contributed by atoms with Crippen molar-refractivity contribution >= 4 is 11.9 Å². The van der Waals surface area contributed by atoms with Crippen LogP contribution in [0.4, 0.5) is 4.39 Å². The number of carbonyl (C=O) groups excluding carboxylic acids is 1. The minimum atomic E-state index is -1.17. The average molecular weight is 279 g/mol. The molecule has 2 N–H and O–H groups in total. The van der Waals surface area contributed by atoms with E-state index < -0.39 is 17.8 Å². The van der Waals surface area contributed by atoms with Crippen LogP contribution >= 0.6 is 0 Å². The number of aromatic carboxylic acids is 1. The Morgan fingerprint density at radius 3 is 2.80 bits per heavy atom. The van der Waals surface area contributed by atoms with Gasteiger partial charge in [-0.3, -0.25) is 4.79 Å². The predicted octanol–water partition coefficient (Wildman–Crippen LogP) is -0.0596. The minimum Gasteiger partial charge on any atom is -0.476 e. The van der Waals surface area contributed by atoms with E-state index in [0.717, 1.165) is 12.3 Å². The zero-order chi connectivity index (χ0) is 14.5. The number of carboxylic acid groups (broad SMARTS) is 1. The molecule has 0 unspecified atom stereocenters. The molecule has 2 aromatic rings. The van der Waals surface area contributed by atoms with Gasteiger partial charge in [-0.15, -0.1) is 5.10 Å². The van der Waals surface area contributed by atoms with Crippen LogP contribution in [-0.2, 0) is 6.54 Å². The molecule has 0 radical (unpaired) electrons. The molecule has 2 heterocycles. The highest BCUT2D eigenvalue weighted by atomic mass is 19.1. The maximum absolute atomic E-state index is 12.6. The topological polar surface area (TPSA) is 110 Å². The van der Waals surface area contributed by atoms with Crippen LogP contribution in [0.1, 0.15) is 20.8 Å². The molecule has 0 saturated carbocycles. The molecule has 1 amide bonds. The van der Waals surface area contributed by atoms with E-state index >= 15 is 0 Å². The van der Waals surface area contributed by atoms with E-state index in [4.69, 9.17) is 5.11 Å². The summed E-state index contributed by atoms with van der Waals surface area (Å²) in [7, 11) is 0. The van der Waals surface area contributed by atoms with Crippen LogP contribution < -0.4 is 5.32 Å². The van der Waals surface area contributed by atoms with Gasteiger partial charge in [0, 0.05) is 12.7 Å². The van der Waals surface area contributed by atoms with E-state index in [2.05, 4.69) is 20.6 Å². The highest BCUT2D eigenvalue weighted by molar-refractivity contribution is 5.93. The monoisotopic (exact) mass is 279 g/mol. The zero-order valence-corrected chi connectivity index (χ0v) is 10.2. The SMILES string of the molecule is O=C(NCCn1cc(C(=O)O)nn1)c1ccc(F)nc1. The lowest BCUT2D eigenvalue weighted by molar-refractivity contribution is 0.0690. The third-order valence-electron chi connectivity index (χ3n) is 2.37. The first kappa shape index (κ1) is 13.6. The molecule has 0 aromatic carbocycles. The second kappa shape index (κ2) is 5.87. The summed E-state index contributed by atoms with van der Waals surface area (Å²) in [6, 6.07) is 2.40. The molecule has 0 aliphatic carbocycles. The molecule has 104 valence electrons. The number of nitrogens with zero attached hydrogens (tertiary/aromatic N) is 4. The van der Waals surface area contributed by atoms with E-state index in [1.54, 1.807) is 0 Å². The Morgan fingerprint density at radius 2 is 2.20 bits per heavy atom. The lowest BCUT2D eigenvalue weighted by Gasteiger charge is -2.04. The normalized spacial score (nSPS) is 10.2. The molecule has 0 saturated heterocycles. The third-order valence-corrected chi connectivity index (χ3v) is 2.37. The summed E-state index contributed by atoms with van der Waals surface area (Å²) in [5.41, 5.74) is 0.0651. The Bertz CT molecular complexity index is 625. The summed E-state index contributed by atoms with van der Waals surface area (Å²) in [4.78, 5) is 25.6. The molecule has 8 nitrogen and oxygen atoms in total. The fraction of sp³-hybridized carbons (Fsp3) is 0.182. The number of halogens is 1. The van der Waals surface area contributed by atoms with Gasteiger partial charge in [-0.25, -0.2) is 14.5 Å². The number of hydrogen-bond acceptors (Lipinski definition) is 5. The molecule has 0 aliphatic rings. The van der Waals surface area contributed by atoms with Crippen molar-refractivity contribution < 1.29 is 19.1 Å². The summed E-state index contributed by atoms with van der Waals surface area (Å²) in [5.74, 6) is -2.24. The number of carboxylic acids is 1. The largest absolute Gasteiger partial charge is 0.476 e. The lowest BCUT2D eigenvalue weighted by Crippen LogP contribution is -2.27. The van der Waals surface area contributed by atoms with Crippen molar-refractivity contribution in [2.45, 2.75) is 6.54 Å². The third kappa shape index (κ3) is 3.34. The van der Waals surface area contributed by atoms with Crippen LogP contribution in [0.15, 0.2) is 24.5 Å². The average Bonchev–Trinajstić information content (AvgIpc) is 2.88. The van der Waals surface area contributed by atoms with Gasteiger partial charge in [0.05, 0.1) is 18.3 Å². The van der Waals surface area contributed by atoms with Gasteiger partial charge >= 0.3 is 5.97 Å². The Hall–Kier alpha value is -2.84. The van der Waals surface area contributed by atoms with Gasteiger partial charge in [0.1, 0.15) is 0 Å². The Balaban J connectivity index is 1.84. The van der Waals surface area contributed by atoms with Crippen molar-refractivity contribution in [3.8, 4) is 0 Å². The van der Waals surface area contributed by atoms with Crippen molar-refractivity contribution in [1.82, 2.24) is 25.3 Å². The summed E-state index contributed by atoms with van der Waals surface area (Å²) in [6.07, 6.45) is 2.39. The first-order valence-electron chi connectivity index (χ1n) is 5.59. The Labute approximate surface area is 112 Å². The summed E-state index contributed by atoms with van der Waals surface area (Å²) in [5, 5.41) is 18.2. The molecule has 2 rings (SSSR count). The Kier molecular flexibility index (Phi) is 3.99. The maximum Gasteiger partial charge on any atom is 0.358 e. The summed E-state index contributed by atoms with van der Waals surface area (Å²) in [6.45, 7) is 0.485. The number of amides is 1. The number of rotatable bonds is 5. The fourth-order valence-electron chi connectivity index (χ4n) is 1.40. The quantitative estimate of drug-likeness (QED) is 0.742. The van der Waals surface area contributed by atoms with Gasteiger partial charge in [0.25, 0.3) is 5.91 Å². The maximum atomic E-state index is 12.6. The number of hydrogen-bond donors (Lipinski definition) is 2. The first-order valence-corrected chi connectivity index (χ1v) is 5.59. The van der Waals surface area contributed by atoms with Crippen LogP contribution in [0.25, 0.3) is 0 Å². The van der Waals surface area contributed by atoms with Crippen molar-refractivity contribution in [3.05, 3.63) is 41.7 Å². The van der Waals surface area contributed by atoms with Crippen molar-refractivity contribution in [1.29, 1.82) is 0 Å². The van der Waals surface area contributed by atoms with E-state index in [9.17, 15) is 14.0 Å². The van der Waals surface area contributed by atoms with Crippen molar-refractivity contribution in [2.75, 3.05) is 6.54 Å². The molecule has 0 bridgehead atoms. The second-order valence-corrected chi connectivity index (χ2v) is 3.80. The predicted molar refractivity (Wildman–Crippen MR) is 63.5 cm³/mol. The smallest absolute Gasteiger partial charge is 0.358 e. The fourth-order valence-corrected chi connectivity index (χ4v) is 1.40. The van der Waals surface area contributed by atoms with Gasteiger partial charge in [0.2, 0.25) is 5.95 Å². The molecular weight excluding hydrogens is 269 g/mol. The molecule has 9 heteroatoms. The van der Waals surface area contributed by atoms with E-state index in [1.807, 2.05) is 0 Å². The number of aromatic nitrogens is 4. The van der Waals surface area contributed by atoms with Crippen LogP contribution in [0.2, 0.25) is 0 Å². The summed E-state index contributed by atoms with van der Waals surface area (Å²) < 4.78 is 13.9. The van der Waals surface area contributed by atoms with Crippen LogP contribution in [0.5, 0.6) is 0 Å². The first-order chi connectivity index (χ1) is 9.56. The molecule has 0 aliphatic heterocycles. The second-order valence-electron chi connectivity index (χ2n) is 3.80. The number of nitrogens with one attached hydrogen (secondary N) is 1. The van der Waals surface area contributed by atoms with Gasteiger partial charge < -0.3 is 10.4 Å². The molecule has 2 aromatic heterocycles. The molecule has 0 spiro atoms. The van der Waals surface area contributed by atoms with Crippen molar-refractivity contribution in [3.63, 3.8) is 0 Å². The zero-order valence-electron chi connectivity index (χ0n) is 10.2. The van der Waals surface area contributed by atoms with E-state index in [1.165, 1.54) is 16.9 Å². The van der Waals surface area contributed by atoms with E-state index in [-0.39, 0.29) is 24.3 Å². The van der Waals surface area contributed by atoms with Crippen LogP contribution in [0.3, 0.4) is 0 Å². The molecule has 20 heavy (non-hydrogen) atoms. The van der Waals surface area contributed by atoms with Crippen molar-refractivity contribution in [2.24, 2.45) is 0 Å². The van der Waals surface area contributed by atoms with Gasteiger partial charge in [0.15, 0.2) is 5.69 Å². The standard InChI is InChI=1S/C11H10FN5O3/c12-9-2-1-7(5-14-9)10(18)13-3-4-17-6-8(11(19)20)15-16-17/h1-2,5-6H,3-4H2,(H,13,18)(H,19,20). The Morgan fingerprint density at radius 1 is 1.40 bits per heavy atom. The van der Waals surface area contributed by atoms with Crippen LogP contribution in [-0.4, -0.2) is 43.5 Å². The van der Waals surface area contributed by atoms with Gasteiger partial charge in [-0.2, -0.15) is 4.39 Å². The summed E-state index contributed by atoms with van der Waals surface area (Å²) >= 11 is 0. The lowest BCUT2D eigenvalue weighted by atomic mass is 10.3.